The molecule has 0 amide bonds. The summed E-state index contributed by atoms with van der Waals surface area (Å²) < 4.78 is 25.6. The monoisotopic (exact) mass is 320 g/mol. The van der Waals surface area contributed by atoms with E-state index in [1.165, 1.54) is 0 Å². The zero-order chi connectivity index (χ0) is 15.9. The van der Waals surface area contributed by atoms with Crippen LogP contribution in [0.4, 0.5) is 4.39 Å². The van der Waals surface area contributed by atoms with E-state index >= 15 is 0 Å². The Labute approximate surface area is 134 Å². The van der Waals surface area contributed by atoms with Crippen LogP contribution in [0.25, 0.3) is 0 Å². The molecule has 2 aromatic carbocycles. The van der Waals surface area contributed by atoms with Gasteiger partial charge in [0, 0.05) is 17.0 Å². The second-order valence-electron chi connectivity index (χ2n) is 6.27. The highest BCUT2D eigenvalue weighted by Gasteiger charge is 2.32. The molecule has 0 radical (unpaired) electrons. The highest BCUT2D eigenvalue weighted by Crippen LogP contribution is 2.40. The van der Waals surface area contributed by atoms with Crippen molar-refractivity contribution in [2.45, 2.75) is 39.4 Å². The molecule has 2 nitrogen and oxygen atoms in total. The molecule has 1 aliphatic heterocycles. The van der Waals surface area contributed by atoms with Crippen LogP contribution in [0.15, 0.2) is 30.3 Å². The minimum absolute atomic E-state index is 0.222. The van der Waals surface area contributed by atoms with Gasteiger partial charge < -0.3 is 9.47 Å². The van der Waals surface area contributed by atoms with Crippen LogP contribution in [0, 0.1) is 12.7 Å². The van der Waals surface area contributed by atoms with Crippen molar-refractivity contribution >= 4 is 11.6 Å². The van der Waals surface area contributed by atoms with Gasteiger partial charge in [-0.25, -0.2) is 4.39 Å². The average molecular weight is 321 g/mol. The number of ether oxygens (including phenoxy) is 2. The number of hydrogen-bond donors (Lipinski definition) is 0. The Morgan fingerprint density at radius 1 is 1.32 bits per heavy atom. The number of benzene rings is 2. The highest BCUT2D eigenvalue weighted by atomic mass is 35.5. The van der Waals surface area contributed by atoms with Crippen molar-refractivity contribution in [3.8, 4) is 11.5 Å². The van der Waals surface area contributed by atoms with Gasteiger partial charge in [-0.2, -0.15) is 0 Å². The van der Waals surface area contributed by atoms with E-state index in [9.17, 15) is 4.39 Å². The van der Waals surface area contributed by atoms with Crippen molar-refractivity contribution < 1.29 is 13.9 Å². The van der Waals surface area contributed by atoms with Gasteiger partial charge in [0.25, 0.3) is 0 Å². The Bertz CT molecular complexity index is 725. The Hall–Kier alpha value is -1.74. The summed E-state index contributed by atoms with van der Waals surface area (Å²) in [5.41, 5.74) is 2.22. The molecule has 0 N–H and O–H groups in total. The third-order valence-electron chi connectivity index (χ3n) is 3.74. The van der Waals surface area contributed by atoms with E-state index in [-0.39, 0.29) is 23.8 Å². The fraction of sp³-hybridized carbons (Fsp3) is 0.333. The summed E-state index contributed by atoms with van der Waals surface area (Å²) in [5, 5.41) is 0.642. The molecule has 2 aromatic rings. The summed E-state index contributed by atoms with van der Waals surface area (Å²) in [4.78, 5) is 0. The van der Waals surface area contributed by atoms with E-state index in [4.69, 9.17) is 21.1 Å². The number of aryl methyl sites for hydroxylation is 1. The molecule has 0 unspecified atom stereocenters. The maximum absolute atomic E-state index is 14.0. The molecule has 0 atom stereocenters. The average Bonchev–Trinajstić information content (AvgIpc) is 2.74. The fourth-order valence-electron chi connectivity index (χ4n) is 2.74. The van der Waals surface area contributed by atoms with Crippen LogP contribution in [0.3, 0.4) is 0 Å². The molecule has 0 saturated heterocycles. The number of halogens is 2. The topological polar surface area (TPSA) is 18.5 Å². The number of hydrogen-bond acceptors (Lipinski definition) is 2. The molecular weight excluding hydrogens is 303 g/mol. The lowest BCUT2D eigenvalue weighted by Gasteiger charge is -2.18. The molecule has 0 fully saturated rings. The first kappa shape index (κ1) is 15.2. The third-order valence-corrected chi connectivity index (χ3v) is 3.96. The van der Waals surface area contributed by atoms with Gasteiger partial charge in [0.1, 0.15) is 18.0 Å². The van der Waals surface area contributed by atoms with Crippen LogP contribution < -0.4 is 9.47 Å². The summed E-state index contributed by atoms with van der Waals surface area (Å²) in [5.74, 6) is 0.718. The zero-order valence-corrected chi connectivity index (χ0v) is 13.6. The number of fused-ring (bicyclic) bond motifs is 1. The predicted octanol–water partition coefficient (Wildman–Crippen LogP) is 5.08. The molecule has 22 heavy (non-hydrogen) atoms. The van der Waals surface area contributed by atoms with Gasteiger partial charge in [0.05, 0.1) is 0 Å². The Morgan fingerprint density at radius 3 is 2.86 bits per heavy atom. The summed E-state index contributed by atoms with van der Waals surface area (Å²) in [6.07, 6.45) is 0.800. The van der Waals surface area contributed by atoms with Gasteiger partial charge >= 0.3 is 0 Å². The minimum atomic E-state index is -0.331. The summed E-state index contributed by atoms with van der Waals surface area (Å²) in [6.45, 7) is 6.00. The standard InChI is InChI=1S/C18H18ClFO2/c1-11-5-4-6-15(16(11)20)21-10-13-8-14(19)7-12-9-18(2,3)22-17(12)13/h4-8H,9-10H2,1-3H3. The second kappa shape index (κ2) is 5.47. The van der Waals surface area contributed by atoms with Crippen molar-refractivity contribution in [1.82, 2.24) is 0 Å². The summed E-state index contributed by atoms with van der Waals surface area (Å²) in [6, 6.07) is 8.84. The van der Waals surface area contributed by atoms with Crippen LogP contribution in [0.5, 0.6) is 11.5 Å². The van der Waals surface area contributed by atoms with Crippen LogP contribution >= 0.6 is 11.6 Å². The van der Waals surface area contributed by atoms with Crippen molar-refractivity contribution in [1.29, 1.82) is 0 Å². The summed E-state index contributed by atoms with van der Waals surface area (Å²) >= 11 is 6.17. The van der Waals surface area contributed by atoms with Crippen LogP contribution in [-0.4, -0.2) is 5.60 Å². The van der Waals surface area contributed by atoms with Crippen LogP contribution in [0.1, 0.15) is 30.5 Å². The van der Waals surface area contributed by atoms with E-state index in [2.05, 4.69) is 0 Å². The lowest BCUT2D eigenvalue weighted by Crippen LogP contribution is -2.25. The lowest BCUT2D eigenvalue weighted by molar-refractivity contribution is 0.135. The molecule has 1 aliphatic rings. The SMILES string of the molecule is Cc1cccc(OCc2cc(Cl)cc3c2OC(C)(C)C3)c1F. The van der Waals surface area contributed by atoms with E-state index < -0.39 is 0 Å². The van der Waals surface area contributed by atoms with Crippen LogP contribution in [0.2, 0.25) is 5.02 Å². The Balaban J connectivity index is 1.87. The zero-order valence-electron chi connectivity index (χ0n) is 12.9. The Morgan fingerprint density at radius 2 is 2.09 bits per heavy atom. The van der Waals surface area contributed by atoms with Crippen molar-refractivity contribution in [2.75, 3.05) is 0 Å². The normalized spacial score (nSPS) is 15.3. The van der Waals surface area contributed by atoms with Crippen molar-refractivity contribution in [3.63, 3.8) is 0 Å². The molecule has 0 spiro atoms. The van der Waals surface area contributed by atoms with Gasteiger partial charge in [-0.1, -0.05) is 23.7 Å². The largest absolute Gasteiger partial charge is 0.487 e. The van der Waals surface area contributed by atoms with Gasteiger partial charge in [-0.3, -0.25) is 0 Å². The molecule has 116 valence electrons. The van der Waals surface area contributed by atoms with Gasteiger partial charge in [-0.05, 0) is 50.1 Å². The van der Waals surface area contributed by atoms with E-state index in [0.717, 1.165) is 23.3 Å². The molecular formula is C18H18ClFO2. The maximum Gasteiger partial charge on any atom is 0.167 e. The second-order valence-corrected chi connectivity index (χ2v) is 6.70. The predicted molar refractivity (Wildman–Crippen MR) is 85.3 cm³/mol. The fourth-order valence-corrected chi connectivity index (χ4v) is 3.00. The highest BCUT2D eigenvalue weighted by molar-refractivity contribution is 6.30. The minimum Gasteiger partial charge on any atom is -0.487 e. The quantitative estimate of drug-likeness (QED) is 0.785. The molecule has 3 rings (SSSR count). The summed E-state index contributed by atoms with van der Waals surface area (Å²) in [7, 11) is 0. The van der Waals surface area contributed by atoms with Gasteiger partial charge in [0.2, 0.25) is 0 Å². The van der Waals surface area contributed by atoms with E-state index in [1.807, 2.05) is 26.0 Å². The molecule has 4 heteroatoms. The van der Waals surface area contributed by atoms with Crippen LogP contribution in [-0.2, 0) is 13.0 Å². The first-order chi connectivity index (χ1) is 10.4. The Kier molecular flexibility index (Phi) is 3.77. The van der Waals surface area contributed by atoms with E-state index in [0.29, 0.717) is 10.6 Å². The molecule has 0 aromatic heterocycles. The lowest BCUT2D eigenvalue weighted by atomic mass is 10.0. The van der Waals surface area contributed by atoms with Gasteiger partial charge in [0.15, 0.2) is 11.6 Å². The molecule has 0 saturated carbocycles. The van der Waals surface area contributed by atoms with Crippen molar-refractivity contribution in [2.24, 2.45) is 0 Å². The maximum atomic E-state index is 14.0. The van der Waals surface area contributed by atoms with Crippen molar-refractivity contribution in [3.05, 3.63) is 57.9 Å². The van der Waals surface area contributed by atoms with Gasteiger partial charge in [-0.15, -0.1) is 0 Å². The smallest absolute Gasteiger partial charge is 0.167 e. The molecule has 0 bridgehead atoms. The number of rotatable bonds is 3. The molecule has 0 aliphatic carbocycles. The third kappa shape index (κ3) is 2.91. The van der Waals surface area contributed by atoms with E-state index in [1.54, 1.807) is 25.1 Å². The first-order valence-electron chi connectivity index (χ1n) is 7.24. The first-order valence-corrected chi connectivity index (χ1v) is 7.62. The molecule has 1 heterocycles.